The summed E-state index contributed by atoms with van der Waals surface area (Å²) in [7, 11) is 1.58. The molecule has 0 fully saturated rings. The largest absolute Gasteiger partial charge is 0.494 e. The molecule has 0 unspecified atom stereocenters. The van der Waals surface area contributed by atoms with Crippen molar-refractivity contribution in [2.45, 2.75) is 26.7 Å². The molecule has 2 rings (SSSR count). The van der Waals surface area contributed by atoms with Gasteiger partial charge in [-0.2, -0.15) is 0 Å². The van der Waals surface area contributed by atoms with Crippen molar-refractivity contribution >= 4 is 11.6 Å². The molecule has 1 amide bonds. The maximum atomic E-state index is 12.2. The topological polar surface area (TPSA) is 56.8 Å². The highest BCUT2D eigenvalue weighted by atomic mass is 16.5. The van der Waals surface area contributed by atoms with E-state index in [4.69, 9.17) is 14.2 Å². The van der Waals surface area contributed by atoms with E-state index in [1.807, 2.05) is 38.1 Å². The monoisotopic (exact) mass is 343 g/mol. The lowest BCUT2D eigenvalue weighted by Crippen LogP contribution is -2.13. The third-order valence-corrected chi connectivity index (χ3v) is 3.64. The number of amides is 1. The third kappa shape index (κ3) is 5.41. The minimum absolute atomic E-state index is 0.0579. The highest BCUT2D eigenvalue weighted by Crippen LogP contribution is 2.30. The Morgan fingerprint density at radius 1 is 0.960 bits per heavy atom. The zero-order chi connectivity index (χ0) is 18.1. The van der Waals surface area contributed by atoms with Crippen molar-refractivity contribution in [3.8, 4) is 17.2 Å². The van der Waals surface area contributed by atoms with Gasteiger partial charge in [-0.25, -0.2) is 0 Å². The van der Waals surface area contributed by atoms with Crippen LogP contribution in [0.4, 0.5) is 5.69 Å². The van der Waals surface area contributed by atoms with Gasteiger partial charge < -0.3 is 19.5 Å². The molecule has 1 N–H and O–H groups in total. The van der Waals surface area contributed by atoms with E-state index in [0.29, 0.717) is 43.2 Å². The van der Waals surface area contributed by atoms with Crippen molar-refractivity contribution in [1.82, 2.24) is 0 Å². The predicted molar refractivity (Wildman–Crippen MR) is 98.7 cm³/mol. The van der Waals surface area contributed by atoms with Gasteiger partial charge in [0, 0.05) is 18.2 Å². The number of hydrogen-bond donors (Lipinski definition) is 1. The molecule has 0 saturated heterocycles. The maximum absolute atomic E-state index is 12.2. The number of rotatable bonds is 9. The van der Waals surface area contributed by atoms with Crippen molar-refractivity contribution in [2.75, 3.05) is 25.6 Å². The smallest absolute Gasteiger partial charge is 0.224 e. The first-order valence-electron chi connectivity index (χ1n) is 8.49. The number of carbonyl (C=O) groups excluding carboxylic acids is 1. The number of carbonyl (C=O) groups is 1. The van der Waals surface area contributed by atoms with Crippen LogP contribution in [0, 0.1) is 0 Å². The van der Waals surface area contributed by atoms with Crippen LogP contribution in [-0.4, -0.2) is 26.2 Å². The summed E-state index contributed by atoms with van der Waals surface area (Å²) in [5.74, 6) is 2.04. The van der Waals surface area contributed by atoms with E-state index in [-0.39, 0.29) is 5.91 Å². The van der Waals surface area contributed by atoms with Gasteiger partial charge in [0.15, 0.2) is 11.5 Å². The van der Waals surface area contributed by atoms with Gasteiger partial charge in [-0.05, 0) is 44.0 Å². The van der Waals surface area contributed by atoms with Crippen molar-refractivity contribution < 1.29 is 19.0 Å². The Morgan fingerprint density at radius 2 is 1.68 bits per heavy atom. The van der Waals surface area contributed by atoms with Crippen LogP contribution in [0.1, 0.15) is 25.8 Å². The van der Waals surface area contributed by atoms with E-state index in [1.165, 1.54) is 0 Å². The summed E-state index contributed by atoms with van der Waals surface area (Å²) < 4.78 is 16.4. The summed E-state index contributed by atoms with van der Waals surface area (Å²) in [6.45, 7) is 5.02. The molecule has 0 aliphatic heterocycles. The summed E-state index contributed by atoms with van der Waals surface area (Å²) in [5, 5.41) is 2.89. The van der Waals surface area contributed by atoms with E-state index in [0.717, 1.165) is 11.3 Å². The zero-order valence-corrected chi connectivity index (χ0v) is 15.0. The van der Waals surface area contributed by atoms with Crippen LogP contribution in [0.15, 0.2) is 42.5 Å². The lowest BCUT2D eigenvalue weighted by Gasteiger charge is -2.12. The zero-order valence-electron chi connectivity index (χ0n) is 15.0. The number of anilines is 1. The second kappa shape index (κ2) is 9.57. The molecule has 2 aromatic carbocycles. The Labute approximate surface area is 148 Å². The third-order valence-electron chi connectivity index (χ3n) is 3.64. The molecule has 0 heterocycles. The number of para-hydroxylation sites is 1. The van der Waals surface area contributed by atoms with Crippen LogP contribution in [0.2, 0.25) is 0 Å². The number of nitrogens with one attached hydrogen (secondary N) is 1. The first kappa shape index (κ1) is 18.6. The number of ether oxygens (including phenoxy) is 3. The van der Waals surface area contributed by atoms with Crippen LogP contribution in [0.25, 0.3) is 0 Å². The van der Waals surface area contributed by atoms with Crippen molar-refractivity contribution in [3.63, 3.8) is 0 Å². The van der Waals surface area contributed by atoms with Crippen molar-refractivity contribution in [2.24, 2.45) is 0 Å². The fourth-order valence-corrected chi connectivity index (χ4v) is 2.50. The Bertz CT molecular complexity index is 700. The second-order valence-electron chi connectivity index (χ2n) is 5.39. The number of hydrogen-bond acceptors (Lipinski definition) is 4. The Balaban J connectivity index is 1.96. The summed E-state index contributed by atoms with van der Waals surface area (Å²) in [5.41, 5.74) is 1.71. The summed E-state index contributed by atoms with van der Waals surface area (Å²) in [6.07, 6.45) is 0.996. The molecule has 25 heavy (non-hydrogen) atoms. The minimum Gasteiger partial charge on any atom is -0.494 e. The SMILES string of the molecule is CCOc1ccccc1CCC(=O)Nc1ccc(OCC)c(OC)c1. The lowest BCUT2D eigenvalue weighted by atomic mass is 10.1. The molecule has 0 saturated carbocycles. The molecule has 2 aromatic rings. The molecule has 0 bridgehead atoms. The average Bonchev–Trinajstić information content (AvgIpc) is 2.62. The molecule has 134 valence electrons. The minimum atomic E-state index is -0.0579. The normalized spacial score (nSPS) is 10.2. The van der Waals surface area contributed by atoms with Crippen LogP contribution in [-0.2, 0) is 11.2 Å². The van der Waals surface area contributed by atoms with Gasteiger partial charge in [-0.3, -0.25) is 4.79 Å². The molecule has 0 radical (unpaired) electrons. The molecule has 0 spiro atoms. The average molecular weight is 343 g/mol. The molecular weight excluding hydrogens is 318 g/mol. The Morgan fingerprint density at radius 3 is 2.40 bits per heavy atom. The highest BCUT2D eigenvalue weighted by molar-refractivity contribution is 5.91. The van der Waals surface area contributed by atoms with E-state index < -0.39 is 0 Å². The van der Waals surface area contributed by atoms with Gasteiger partial charge in [-0.1, -0.05) is 18.2 Å². The molecule has 5 nitrogen and oxygen atoms in total. The lowest BCUT2D eigenvalue weighted by molar-refractivity contribution is -0.116. The first-order valence-corrected chi connectivity index (χ1v) is 8.49. The predicted octanol–water partition coefficient (Wildman–Crippen LogP) is 4.06. The Hall–Kier alpha value is -2.69. The number of aryl methyl sites for hydroxylation is 1. The maximum Gasteiger partial charge on any atom is 0.224 e. The van der Waals surface area contributed by atoms with E-state index in [2.05, 4.69) is 5.32 Å². The van der Waals surface area contributed by atoms with Gasteiger partial charge >= 0.3 is 0 Å². The van der Waals surface area contributed by atoms with Crippen LogP contribution < -0.4 is 19.5 Å². The Kier molecular flexibility index (Phi) is 7.14. The molecule has 0 atom stereocenters. The fraction of sp³-hybridized carbons (Fsp3) is 0.350. The van der Waals surface area contributed by atoms with Gasteiger partial charge in [0.1, 0.15) is 5.75 Å². The van der Waals surface area contributed by atoms with Crippen LogP contribution >= 0.6 is 0 Å². The molecule has 0 aromatic heterocycles. The molecule has 0 aliphatic rings. The van der Waals surface area contributed by atoms with E-state index in [9.17, 15) is 4.79 Å². The quantitative estimate of drug-likeness (QED) is 0.746. The number of benzene rings is 2. The fourth-order valence-electron chi connectivity index (χ4n) is 2.50. The van der Waals surface area contributed by atoms with Gasteiger partial charge in [0.05, 0.1) is 20.3 Å². The molecular formula is C20H25NO4. The van der Waals surface area contributed by atoms with Gasteiger partial charge in [-0.15, -0.1) is 0 Å². The second-order valence-corrected chi connectivity index (χ2v) is 5.39. The van der Waals surface area contributed by atoms with Crippen LogP contribution in [0.5, 0.6) is 17.2 Å². The van der Waals surface area contributed by atoms with E-state index in [1.54, 1.807) is 25.3 Å². The van der Waals surface area contributed by atoms with Gasteiger partial charge in [0.2, 0.25) is 5.91 Å². The summed E-state index contributed by atoms with van der Waals surface area (Å²) in [4.78, 5) is 12.2. The molecule has 0 aliphatic carbocycles. The van der Waals surface area contributed by atoms with Crippen molar-refractivity contribution in [3.05, 3.63) is 48.0 Å². The highest BCUT2D eigenvalue weighted by Gasteiger charge is 2.10. The molecule has 5 heteroatoms. The first-order chi connectivity index (χ1) is 12.2. The summed E-state index contributed by atoms with van der Waals surface area (Å²) >= 11 is 0. The van der Waals surface area contributed by atoms with Crippen LogP contribution in [0.3, 0.4) is 0 Å². The van der Waals surface area contributed by atoms with Gasteiger partial charge in [0.25, 0.3) is 0 Å². The van der Waals surface area contributed by atoms with E-state index >= 15 is 0 Å². The standard InChI is InChI=1S/C20H25NO4/c1-4-24-17-9-7-6-8-15(17)10-13-20(22)21-16-11-12-18(25-5-2)19(14-16)23-3/h6-9,11-12,14H,4-5,10,13H2,1-3H3,(H,21,22). The number of methoxy groups -OCH3 is 1. The summed E-state index contributed by atoms with van der Waals surface area (Å²) in [6, 6.07) is 13.2. The van der Waals surface area contributed by atoms with Crippen molar-refractivity contribution in [1.29, 1.82) is 0 Å².